The Bertz CT molecular complexity index is 410. The van der Waals surface area contributed by atoms with Crippen LogP contribution in [0.3, 0.4) is 0 Å². The molecule has 0 saturated heterocycles. The van der Waals surface area contributed by atoms with Gasteiger partial charge in [0.15, 0.2) is 0 Å². The standard InChI is InChI=1S/C11H12BrF2NO3/c12-5-10(16)9(15-11(17)18)3-6-1-7(13)4-8(14)2-6/h1-2,4,9-10,15-16H,3,5H2,(H,17,18)/t9-,10+/m0/s1. The molecule has 0 fully saturated rings. The Balaban J connectivity index is 2.84. The molecule has 18 heavy (non-hydrogen) atoms. The third kappa shape index (κ3) is 4.58. The van der Waals surface area contributed by atoms with Gasteiger partial charge in [0.05, 0.1) is 12.1 Å². The first-order valence-corrected chi connectivity index (χ1v) is 6.23. The number of hydrogen-bond acceptors (Lipinski definition) is 2. The Morgan fingerprint density at radius 1 is 1.33 bits per heavy atom. The van der Waals surface area contributed by atoms with Crippen LogP contribution in [0.2, 0.25) is 0 Å². The third-order valence-electron chi connectivity index (χ3n) is 2.31. The summed E-state index contributed by atoms with van der Waals surface area (Å²) < 4.78 is 26.0. The molecule has 3 N–H and O–H groups in total. The minimum Gasteiger partial charge on any atom is -0.465 e. The molecular formula is C11H12BrF2NO3. The predicted molar refractivity (Wildman–Crippen MR) is 64.8 cm³/mol. The predicted octanol–water partition coefficient (Wildman–Crippen LogP) is 1.90. The lowest BCUT2D eigenvalue weighted by molar-refractivity contribution is 0.137. The molecule has 1 aromatic rings. The fourth-order valence-electron chi connectivity index (χ4n) is 1.53. The Kier molecular flexibility index (Phi) is 5.49. The first kappa shape index (κ1) is 14.8. The van der Waals surface area contributed by atoms with Crippen molar-refractivity contribution in [1.82, 2.24) is 5.32 Å². The molecule has 0 aromatic heterocycles. The van der Waals surface area contributed by atoms with Crippen molar-refractivity contribution in [1.29, 1.82) is 0 Å². The highest BCUT2D eigenvalue weighted by Crippen LogP contribution is 2.12. The minimum atomic E-state index is -1.31. The molecular weight excluding hydrogens is 312 g/mol. The number of alkyl halides is 1. The zero-order chi connectivity index (χ0) is 13.7. The van der Waals surface area contributed by atoms with Crippen LogP contribution in [0.5, 0.6) is 0 Å². The minimum absolute atomic E-state index is 0.00620. The highest BCUT2D eigenvalue weighted by molar-refractivity contribution is 9.09. The molecule has 0 bridgehead atoms. The maximum atomic E-state index is 13.0. The average Bonchev–Trinajstić information content (AvgIpc) is 2.25. The van der Waals surface area contributed by atoms with Crippen LogP contribution in [0.1, 0.15) is 5.56 Å². The normalized spacial score (nSPS) is 14.0. The Morgan fingerprint density at radius 2 is 1.89 bits per heavy atom. The molecule has 0 radical (unpaired) electrons. The van der Waals surface area contributed by atoms with E-state index in [1.807, 2.05) is 0 Å². The number of carbonyl (C=O) groups is 1. The molecule has 100 valence electrons. The zero-order valence-electron chi connectivity index (χ0n) is 9.24. The SMILES string of the molecule is O=C(O)N[C@@H](Cc1cc(F)cc(F)c1)[C@H](O)CBr. The number of rotatable bonds is 5. The van der Waals surface area contributed by atoms with E-state index >= 15 is 0 Å². The van der Waals surface area contributed by atoms with Crippen molar-refractivity contribution in [3.05, 3.63) is 35.4 Å². The number of benzene rings is 1. The Labute approximate surface area is 111 Å². The average molecular weight is 324 g/mol. The number of hydrogen-bond donors (Lipinski definition) is 3. The van der Waals surface area contributed by atoms with Gasteiger partial charge in [-0.15, -0.1) is 0 Å². The van der Waals surface area contributed by atoms with Crippen LogP contribution in [-0.4, -0.2) is 33.8 Å². The van der Waals surface area contributed by atoms with E-state index in [9.17, 15) is 18.7 Å². The first-order chi connectivity index (χ1) is 8.42. The summed E-state index contributed by atoms with van der Waals surface area (Å²) in [6.45, 7) is 0. The molecule has 0 spiro atoms. The first-order valence-electron chi connectivity index (χ1n) is 5.11. The summed E-state index contributed by atoms with van der Waals surface area (Å²) in [6.07, 6.45) is -2.31. The lowest BCUT2D eigenvalue weighted by atomic mass is 10.0. The van der Waals surface area contributed by atoms with Crippen LogP contribution in [-0.2, 0) is 6.42 Å². The lowest BCUT2D eigenvalue weighted by Crippen LogP contribution is -2.45. The van der Waals surface area contributed by atoms with E-state index in [0.29, 0.717) is 0 Å². The number of aliphatic hydroxyl groups excluding tert-OH is 1. The van der Waals surface area contributed by atoms with E-state index in [2.05, 4.69) is 21.2 Å². The number of amides is 1. The highest BCUT2D eigenvalue weighted by atomic mass is 79.9. The van der Waals surface area contributed by atoms with E-state index in [1.54, 1.807) is 0 Å². The van der Waals surface area contributed by atoms with E-state index < -0.39 is 29.9 Å². The molecule has 4 nitrogen and oxygen atoms in total. The van der Waals surface area contributed by atoms with Gasteiger partial charge in [0.2, 0.25) is 0 Å². The van der Waals surface area contributed by atoms with Crippen molar-refractivity contribution in [2.45, 2.75) is 18.6 Å². The van der Waals surface area contributed by atoms with Gasteiger partial charge in [-0.25, -0.2) is 13.6 Å². The summed E-state index contributed by atoms with van der Waals surface area (Å²) in [6, 6.07) is 2.08. The summed E-state index contributed by atoms with van der Waals surface area (Å²) in [4.78, 5) is 10.6. The van der Waals surface area contributed by atoms with E-state index in [4.69, 9.17) is 5.11 Å². The van der Waals surface area contributed by atoms with Gasteiger partial charge in [0.25, 0.3) is 0 Å². The van der Waals surface area contributed by atoms with E-state index in [1.165, 1.54) is 0 Å². The molecule has 0 saturated carbocycles. The van der Waals surface area contributed by atoms with Crippen molar-refractivity contribution in [2.24, 2.45) is 0 Å². The number of carboxylic acid groups (broad SMARTS) is 1. The third-order valence-corrected chi connectivity index (χ3v) is 2.97. The van der Waals surface area contributed by atoms with Crippen LogP contribution in [0.25, 0.3) is 0 Å². The summed E-state index contributed by atoms with van der Waals surface area (Å²) in [5.41, 5.74) is 0.270. The number of aliphatic hydroxyl groups is 1. The molecule has 1 rings (SSSR count). The van der Waals surface area contributed by atoms with Gasteiger partial charge in [0, 0.05) is 11.4 Å². The van der Waals surface area contributed by atoms with Crippen molar-refractivity contribution >= 4 is 22.0 Å². The molecule has 7 heteroatoms. The van der Waals surface area contributed by atoms with Crippen LogP contribution < -0.4 is 5.32 Å². The monoisotopic (exact) mass is 323 g/mol. The fourth-order valence-corrected chi connectivity index (χ4v) is 1.98. The maximum Gasteiger partial charge on any atom is 0.404 e. The smallest absolute Gasteiger partial charge is 0.404 e. The van der Waals surface area contributed by atoms with Crippen LogP contribution in [0.4, 0.5) is 13.6 Å². The van der Waals surface area contributed by atoms with Crippen LogP contribution in [0, 0.1) is 11.6 Å². The van der Waals surface area contributed by atoms with Gasteiger partial charge in [-0.2, -0.15) is 0 Å². The lowest BCUT2D eigenvalue weighted by Gasteiger charge is -2.21. The molecule has 1 amide bonds. The van der Waals surface area contributed by atoms with Gasteiger partial charge < -0.3 is 15.5 Å². The second kappa shape index (κ2) is 6.65. The summed E-state index contributed by atoms with van der Waals surface area (Å²) in [5, 5.41) is 20.5. The van der Waals surface area contributed by atoms with Crippen molar-refractivity contribution in [3.63, 3.8) is 0 Å². The number of halogens is 3. The topological polar surface area (TPSA) is 69.6 Å². The van der Waals surface area contributed by atoms with Gasteiger partial charge in [-0.05, 0) is 24.1 Å². The zero-order valence-corrected chi connectivity index (χ0v) is 10.8. The molecule has 0 aliphatic heterocycles. The molecule has 0 aliphatic carbocycles. The molecule has 2 atom stereocenters. The van der Waals surface area contributed by atoms with Gasteiger partial charge in [0.1, 0.15) is 11.6 Å². The molecule has 0 heterocycles. The van der Waals surface area contributed by atoms with Crippen LogP contribution >= 0.6 is 15.9 Å². The van der Waals surface area contributed by atoms with Crippen molar-refractivity contribution < 1.29 is 23.8 Å². The Hall–Kier alpha value is -1.21. The fraction of sp³-hybridized carbons (Fsp3) is 0.364. The maximum absolute atomic E-state index is 13.0. The van der Waals surface area contributed by atoms with E-state index in [-0.39, 0.29) is 17.3 Å². The molecule has 1 aromatic carbocycles. The van der Waals surface area contributed by atoms with Crippen LogP contribution in [0.15, 0.2) is 18.2 Å². The van der Waals surface area contributed by atoms with Crippen molar-refractivity contribution in [3.8, 4) is 0 Å². The van der Waals surface area contributed by atoms with Gasteiger partial charge in [-0.3, -0.25) is 0 Å². The second-order valence-electron chi connectivity index (χ2n) is 3.76. The van der Waals surface area contributed by atoms with E-state index in [0.717, 1.165) is 18.2 Å². The molecule has 0 unspecified atom stereocenters. The summed E-state index contributed by atoms with van der Waals surface area (Å²) in [7, 11) is 0. The number of nitrogens with one attached hydrogen (secondary N) is 1. The highest BCUT2D eigenvalue weighted by Gasteiger charge is 2.21. The van der Waals surface area contributed by atoms with Gasteiger partial charge >= 0.3 is 6.09 Å². The largest absolute Gasteiger partial charge is 0.465 e. The van der Waals surface area contributed by atoms with Crippen molar-refractivity contribution in [2.75, 3.05) is 5.33 Å². The quantitative estimate of drug-likeness (QED) is 0.725. The molecule has 0 aliphatic rings. The summed E-state index contributed by atoms with van der Waals surface area (Å²) >= 11 is 3.02. The summed E-state index contributed by atoms with van der Waals surface area (Å²) in [5.74, 6) is -1.49. The van der Waals surface area contributed by atoms with Gasteiger partial charge in [-0.1, -0.05) is 15.9 Å². The second-order valence-corrected chi connectivity index (χ2v) is 4.41. The Morgan fingerprint density at radius 3 is 2.33 bits per heavy atom.